The van der Waals surface area contributed by atoms with Gasteiger partial charge in [0.15, 0.2) is 11.3 Å². The number of aromatic nitrogens is 2. The number of rotatable bonds is 37. The highest BCUT2D eigenvalue weighted by Crippen LogP contribution is 2.31. The molecule has 492 valence electrons. The van der Waals surface area contributed by atoms with E-state index in [-0.39, 0.29) is 68.9 Å². The zero-order valence-electron chi connectivity index (χ0n) is 51.0. The number of aliphatic hydroxyl groups is 2. The van der Waals surface area contributed by atoms with Crippen LogP contribution in [0.4, 0.5) is 5.88 Å². The zero-order chi connectivity index (χ0) is 66.0. The SMILES string of the molecule is CC(C)C[C@H](NC(=O)[C@H](CCC(N)=O)NC(=O)[C@H](CCCCN)NC(=O)[C@H](CO)NC(=O)[C@H](CO)NC(=O)[C@H](Cc1cnc[nH]1)NC(=O)[C@H](CCC(=O)O)NC(=O)[C@@H](N)CC(C)C)C(=O)OCc1ccc(-c2cccc3c(=O)cc(N4CCOCC4)oc23)cc1. The lowest BCUT2D eigenvalue weighted by Gasteiger charge is -2.27. The number of carbonyl (C=O) groups excluding carboxylic acids is 9. The number of anilines is 1. The van der Waals surface area contributed by atoms with Gasteiger partial charge in [0, 0.05) is 55.9 Å². The third-order valence-corrected chi connectivity index (χ3v) is 14.5. The number of imidazole rings is 1. The zero-order valence-corrected chi connectivity index (χ0v) is 51.0. The number of nitrogens with two attached hydrogens (primary N) is 3. The lowest BCUT2D eigenvalue weighted by molar-refractivity contribution is -0.150. The number of carboxylic acid groups (broad SMARTS) is 1. The third-order valence-electron chi connectivity index (χ3n) is 14.5. The number of unbranched alkanes of at least 4 members (excludes halogenated alkanes) is 1. The topological polar surface area (TPSA) is 474 Å². The number of ether oxygens (including phenoxy) is 2. The lowest BCUT2D eigenvalue weighted by Crippen LogP contribution is -2.61. The molecule has 3 heterocycles. The predicted molar refractivity (Wildman–Crippen MR) is 326 cm³/mol. The second kappa shape index (κ2) is 36.0. The Bertz CT molecular complexity index is 3140. The van der Waals surface area contributed by atoms with Crippen molar-refractivity contribution < 1.29 is 77.2 Å². The molecule has 4 aromatic rings. The van der Waals surface area contributed by atoms with Crippen LogP contribution in [0.3, 0.4) is 0 Å². The Morgan fingerprint density at radius 1 is 0.678 bits per heavy atom. The van der Waals surface area contributed by atoms with Crippen molar-refractivity contribution in [2.75, 3.05) is 51.0 Å². The summed E-state index contributed by atoms with van der Waals surface area (Å²) in [5, 5.41) is 47.5. The molecule has 1 aliphatic rings. The predicted octanol–water partition coefficient (Wildman–Crippen LogP) is -1.64. The van der Waals surface area contributed by atoms with Gasteiger partial charge in [-0.05, 0) is 80.5 Å². The molecule has 0 radical (unpaired) electrons. The molecule has 1 saturated heterocycles. The number of nitrogens with one attached hydrogen (secondary N) is 8. The maximum atomic E-state index is 14.2. The van der Waals surface area contributed by atoms with Gasteiger partial charge in [-0.25, -0.2) is 9.78 Å². The van der Waals surface area contributed by atoms with E-state index < -0.39 is 140 Å². The molecule has 8 atom stereocenters. The number of aliphatic hydroxyl groups excluding tert-OH is 2. The molecule has 8 amide bonds. The second-order valence-electron chi connectivity index (χ2n) is 22.7. The quantitative estimate of drug-likeness (QED) is 0.0178. The van der Waals surface area contributed by atoms with E-state index in [4.69, 9.17) is 31.1 Å². The van der Waals surface area contributed by atoms with Gasteiger partial charge in [-0.1, -0.05) is 64.1 Å². The molecule has 2 aromatic heterocycles. The number of carboxylic acids is 1. The van der Waals surface area contributed by atoms with E-state index in [0.29, 0.717) is 66.4 Å². The summed E-state index contributed by atoms with van der Waals surface area (Å²) in [6, 6.07) is 1.74. The maximum Gasteiger partial charge on any atom is 0.328 e. The summed E-state index contributed by atoms with van der Waals surface area (Å²) in [4.78, 5) is 156. The molecule has 5 rings (SSSR count). The number of aliphatic carboxylic acids is 1. The number of H-pyrrole nitrogens is 1. The summed E-state index contributed by atoms with van der Waals surface area (Å²) >= 11 is 0. The molecule has 90 heavy (non-hydrogen) atoms. The van der Waals surface area contributed by atoms with Gasteiger partial charge >= 0.3 is 11.9 Å². The Balaban J connectivity index is 1.25. The van der Waals surface area contributed by atoms with Crippen LogP contribution in [0.2, 0.25) is 0 Å². The summed E-state index contributed by atoms with van der Waals surface area (Å²) in [7, 11) is 0. The number of para-hydroxylation sites is 1. The number of carbonyl (C=O) groups is 10. The monoisotopic (exact) mass is 1260 g/mol. The molecule has 1 aliphatic heterocycles. The molecule has 2 aromatic carbocycles. The lowest BCUT2D eigenvalue weighted by atomic mass is 10.0. The van der Waals surface area contributed by atoms with Gasteiger partial charge in [0.05, 0.1) is 44.2 Å². The minimum absolute atomic E-state index is 0.00715. The first kappa shape index (κ1) is 71.9. The minimum Gasteiger partial charge on any atom is -0.481 e. The van der Waals surface area contributed by atoms with Crippen molar-refractivity contribution >= 4 is 76.0 Å². The van der Waals surface area contributed by atoms with Crippen molar-refractivity contribution in [1.29, 1.82) is 0 Å². The van der Waals surface area contributed by atoms with E-state index in [0.717, 1.165) is 5.56 Å². The van der Waals surface area contributed by atoms with Crippen LogP contribution in [0.25, 0.3) is 22.1 Å². The van der Waals surface area contributed by atoms with Gasteiger partial charge in [-0.3, -0.25) is 47.9 Å². The minimum atomic E-state index is -1.85. The molecule has 0 aliphatic carbocycles. The molecule has 1 fully saturated rings. The Morgan fingerprint density at radius 3 is 1.76 bits per heavy atom. The van der Waals surface area contributed by atoms with Crippen LogP contribution in [0.5, 0.6) is 0 Å². The van der Waals surface area contributed by atoms with E-state index in [9.17, 15) is 68.1 Å². The van der Waals surface area contributed by atoms with E-state index in [1.54, 1.807) is 50.2 Å². The largest absolute Gasteiger partial charge is 0.481 e. The average Bonchev–Trinajstić information content (AvgIpc) is 0.933. The summed E-state index contributed by atoms with van der Waals surface area (Å²) in [6.07, 6.45) is 1.38. The van der Waals surface area contributed by atoms with Crippen molar-refractivity contribution in [3.63, 3.8) is 0 Å². The fourth-order valence-electron chi connectivity index (χ4n) is 9.65. The van der Waals surface area contributed by atoms with Crippen molar-refractivity contribution in [3.8, 4) is 11.1 Å². The number of fused-ring (bicyclic) bond motifs is 1. The van der Waals surface area contributed by atoms with Crippen molar-refractivity contribution in [2.45, 2.75) is 147 Å². The summed E-state index contributed by atoms with van der Waals surface area (Å²) < 4.78 is 17.5. The van der Waals surface area contributed by atoms with E-state index in [1.807, 2.05) is 24.8 Å². The fraction of sp³-hybridized carbons (Fsp3) is 0.533. The van der Waals surface area contributed by atoms with Crippen LogP contribution < -0.4 is 64.7 Å². The first-order chi connectivity index (χ1) is 42.9. The van der Waals surface area contributed by atoms with Crippen molar-refractivity contribution in [1.82, 2.24) is 47.2 Å². The Hall–Kier alpha value is -8.84. The molecule has 0 spiro atoms. The van der Waals surface area contributed by atoms with Gasteiger partial charge in [0.1, 0.15) is 54.5 Å². The summed E-state index contributed by atoms with van der Waals surface area (Å²) in [5.41, 5.74) is 19.7. The standard InChI is InChI=1S/C60H85N13O17/c1-33(2)24-40(62)53(80)66-43(16-18-51(78)79)55(82)69-44(26-37-28-64-32-65-37)57(84)71-47(30-75)59(86)72-46(29-74)58(85)67-41(10-5-6-19-61)54(81)68-42(15-17-49(63)77)56(83)70-45(25-34(3)4)60(87)89-31-35-11-13-36(14-12-35)38-8-7-9-39-48(76)27-50(90-52(38)39)73-20-22-88-23-21-73/h7-9,11-14,27-28,32-34,40-47,74-75H,5-6,10,15-26,29-31,61-62H2,1-4H3,(H2,63,77)(H,64,65)(H,66,80)(H,67,85)(H,68,81)(H,69,82)(H,70,83)(H,71,84)(H,72,86)(H,78,79)/t40-,41-,42-,43-,44-,45-,46-,47-/m0/s1. The van der Waals surface area contributed by atoms with Crippen LogP contribution in [-0.4, -0.2) is 179 Å². The number of nitrogens with zero attached hydrogens (tertiary/aromatic N) is 2. The second-order valence-corrected chi connectivity index (χ2v) is 22.7. The number of hydrogen-bond donors (Lipinski definition) is 14. The molecular formula is C60H85N13O17. The number of amides is 8. The number of morpholine rings is 1. The van der Waals surface area contributed by atoms with Crippen LogP contribution in [0.15, 0.2) is 70.3 Å². The van der Waals surface area contributed by atoms with Gasteiger partial charge in [-0.15, -0.1) is 0 Å². The molecule has 17 N–H and O–H groups in total. The molecule has 30 nitrogen and oxygen atoms in total. The van der Waals surface area contributed by atoms with Crippen molar-refractivity contribution in [3.05, 3.63) is 82.5 Å². The van der Waals surface area contributed by atoms with Crippen LogP contribution in [-0.2, 0) is 70.4 Å². The van der Waals surface area contributed by atoms with Crippen LogP contribution in [0.1, 0.15) is 96.7 Å². The van der Waals surface area contributed by atoms with Gasteiger partial charge in [-0.2, -0.15) is 0 Å². The Morgan fingerprint density at radius 2 is 1.21 bits per heavy atom. The van der Waals surface area contributed by atoms with E-state index in [1.165, 1.54) is 18.6 Å². The van der Waals surface area contributed by atoms with Crippen LogP contribution >= 0.6 is 0 Å². The Kier molecular flexibility index (Phi) is 28.7. The number of primary amides is 1. The highest BCUT2D eigenvalue weighted by atomic mass is 16.5. The fourth-order valence-corrected chi connectivity index (χ4v) is 9.65. The normalized spacial score (nSPS) is 15.0. The molecular weight excluding hydrogens is 1170 g/mol. The first-order valence-electron chi connectivity index (χ1n) is 29.8. The number of aromatic amines is 1. The van der Waals surface area contributed by atoms with Crippen molar-refractivity contribution in [2.24, 2.45) is 29.0 Å². The maximum absolute atomic E-state index is 14.2. The molecule has 0 bridgehead atoms. The van der Waals surface area contributed by atoms with E-state index in [2.05, 4.69) is 47.2 Å². The van der Waals surface area contributed by atoms with Gasteiger partial charge in [0.2, 0.25) is 47.3 Å². The van der Waals surface area contributed by atoms with Crippen LogP contribution in [0, 0.1) is 11.8 Å². The summed E-state index contributed by atoms with van der Waals surface area (Å²) in [5.74, 6) is -9.72. The average molecular weight is 1260 g/mol. The molecule has 0 unspecified atom stereocenters. The molecule has 0 saturated carbocycles. The highest BCUT2D eigenvalue weighted by molar-refractivity contribution is 5.98. The van der Waals surface area contributed by atoms with E-state index >= 15 is 0 Å². The Labute approximate surface area is 519 Å². The number of esters is 1. The number of hydrogen-bond acceptors (Lipinski definition) is 20. The third kappa shape index (κ3) is 22.6. The number of benzene rings is 2. The van der Waals surface area contributed by atoms with Gasteiger partial charge < -0.3 is 93.5 Å². The molecule has 30 heteroatoms. The summed E-state index contributed by atoms with van der Waals surface area (Å²) in [6.45, 7) is 7.15. The smallest absolute Gasteiger partial charge is 0.328 e. The highest BCUT2D eigenvalue weighted by Gasteiger charge is 2.35. The first-order valence-corrected chi connectivity index (χ1v) is 29.8. The van der Waals surface area contributed by atoms with Gasteiger partial charge in [0.25, 0.3) is 0 Å².